The Morgan fingerprint density at radius 3 is 2.11 bits per heavy atom. The lowest BCUT2D eigenvalue weighted by atomic mass is 9.51. The summed E-state index contributed by atoms with van der Waals surface area (Å²) >= 11 is 0. The molecule has 1 saturated heterocycles. The van der Waals surface area contributed by atoms with E-state index in [1.807, 2.05) is 0 Å². The van der Waals surface area contributed by atoms with E-state index >= 15 is 0 Å². The van der Waals surface area contributed by atoms with Gasteiger partial charge in [-0.05, 0) is 69.1 Å². The number of nitrogens with two attached hydrogens (primary N) is 1. The third kappa shape index (κ3) is 1.77. The summed E-state index contributed by atoms with van der Waals surface area (Å²) < 4.78 is 0. The Morgan fingerprint density at radius 1 is 1.05 bits per heavy atom. The molecule has 4 bridgehead atoms. The van der Waals surface area contributed by atoms with Crippen LogP contribution in [0.3, 0.4) is 0 Å². The van der Waals surface area contributed by atoms with Gasteiger partial charge in [0.25, 0.3) is 0 Å². The Hall–Kier alpha value is -0.570. The van der Waals surface area contributed by atoms with Crippen molar-refractivity contribution in [3.63, 3.8) is 0 Å². The molecule has 0 aromatic carbocycles. The van der Waals surface area contributed by atoms with Crippen LogP contribution in [0.5, 0.6) is 0 Å². The zero-order chi connectivity index (χ0) is 13.1. The highest BCUT2D eigenvalue weighted by molar-refractivity contribution is 5.80. The molecule has 1 amide bonds. The van der Waals surface area contributed by atoms with Gasteiger partial charge in [-0.2, -0.15) is 0 Å². The Bertz CT molecular complexity index is 366. The van der Waals surface area contributed by atoms with Crippen molar-refractivity contribution in [3.8, 4) is 0 Å². The smallest absolute Gasteiger partial charge is 0.226 e. The van der Waals surface area contributed by atoms with E-state index in [0.29, 0.717) is 23.7 Å². The van der Waals surface area contributed by atoms with Crippen LogP contribution in [0.15, 0.2) is 0 Å². The summed E-state index contributed by atoms with van der Waals surface area (Å²) in [6, 6.07) is 0.450. The van der Waals surface area contributed by atoms with E-state index in [-0.39, 0.29) is 12.1 Å². The summed E-state index contributed by atoms with van der Waals surface area (Å²) in [4.78, 5) is 15.1. The van der Waals surface area contributed by atoms with Crippen molar-refractivity contribution in [3.05, 3.63) is 0 Å². The van der Waals surface area contributed by atoms with E-state index < -0.39 is 0 Å². The first-order chi connectivity index (χ1) is 9.13. The van der Waals surface area contributed by atoms with Gasteiger partial charge < -0.3 is 10.6 Å². The second-order valence-corrected chi connectivity index (χ2v) is 7.68. The summed E-state index contributed by atoms with van der Waals surface area (Å²) in [5.74, 6) is 4.10. The maximum Gasteiger partial charge on any atom is 0.226 e. The SMILES string of the molecule is CC1C(N)CCN1C(=O)C1C2CC3CC(C2)CC1C3. The number of amides is 1. The zero-order valence-electron chi connectivity index (χ0n) is 11.9. The number of hydrogen-bond acceptors (Lipinski definition) is 2. The largest absolute Gasteiger partial charge is 0.338 e. The molecule has 0 spiro atoms. The van der Waals surface area contributed by atoms with Crippen molar-refractivity contribution in [2.45, 2.75) is 57.5 Å². The third-order valence-corrected chi connectivity index (χ3v) is 6.61. The highest BCUT2D eigenvalue weighted by Crippen LogP contribution is 2.57. The van der Waals surface area contributed by atoms with Crippen LogP contribution in [0, 0.1) is 29.6 Å². The average Bonchev–Trinajstić information content (AvgIpc) is 2.68. The van der Waals surface area contributed by atoms with Crippen LogP contribution >= 0.6 is 0 Å². The standard InChI is InChI=1S/C16H26N2O/c1-9-14(17)2-3-18(9)16(19)15-12-5-10-4-11(7-12)8-13(15)6-10/h9-15H,2-8,17H2,1H3. The summed E-state index contributed by atoms with van der Waals surface area (Å²) in [6.07, 6.45) is 7.77. The van der Waals surface area contributed by atoms with Gasteiger partial charge in [0.2, 0.25) is 5.91 Å². The highest BCUT2D eigenvalue weighted by atomic mass is 16.2. The molecule has 2 atom stereocenters. The van der Waals surface area contributed by atoms with Gasteiger partial charge in [-0.1, -0.05) is 0 Å². The predicted molar refractivity (Wildman–Crippen MR) is 74.3 cm³/mol. The molecule has 4 saturated carbocycles. The normalized spacial score (nSPS) is 51.9. The molecule has 0 radical (unpaired) electrons. The molecule has 2 N–H and O–H groups in total. The first-order valence-electron chi connectivity index (χ1n) is 8.19. The summed E-state index contributed by atoms with van der Waals surface area (Å²) in [5.41, 5.74) is 6.09. The molecule has 1 heterocycles. The fraction of sp³-hybridized carbons (Fsp3) is 0.938. The predicted octanol–water partition coefficient (Wildman–Crippen LogP) is 2.01. The van der Waals surface area contributed by atoms with Crippen LogP contribution in [-0.2, 0) is 4.79 Å². The zero-order valence-corrected chi connectivity index (χ0v) is 11.9. The number of hydrogen-bond donors (Lipinski definition) is 1. The van der Waals surface area contributed by atoms with Crippen LogP contribution < -0.4 is 5.73 Å². The number of likely N-dealkylation sites (tertiary alicyclic amines) is 1. The molecule has 106 valence electrons. The maximum absolute atomic E-state index is 13.0. The topological polar surface area (TPSA) is 46.3 Å². The second kappa shape index (κ2) is 4.21. The number of nitrogens with zero attached hydrogens (tertiary/aromatic N) is 1. The minimum absolute atomic E-state index is 0.195. The number of rotatable bonds is 1. The van der Waals surface area contributed by atoms with E-state index in [0.717, 1.165) is 24.8 Å². The van der Waals surface area contributed by atoms with Crippen molar-refractivity contribution in [1.82, 2.24) is 4.90 Å². The number of carbonyl (C=O) groups is 1. The van der Waals surface area contributed by atoms with Gasteiger partial charge in [-0.25, -0.2) is 0 Å². The molecule has 2 unspecified atom stereocenters. The first-order valence-corrected chi connectivity index (χ1v) is 8.19. The van der Waals surface area contributed by atoms with Crippen LogP contribution in [0.2, 0.25) is 0 Å². The van der Waals surface area contributed by atoms with Crippen LogP contribution in [0.1, 0.15) is 45.4 Å². The lowest BCUT2D eigenvalue weighted by molar-refractivity contribution is -0.149. The lowest BCUT2D eigenvalue weighted by Gasteiger charge is -2.54. The number of carbonyl (C=O) groups excluding carboxylic acids is 1. The summed E-state index contributed by atoms with van der Waals surface area (Å²) in [7, 11) is 0. The van der Waals surface area contributed by atoms with Gasteiger partial charge in [0, 0.05) is 24.5 Å². The van der Waals surface area contributed by atoms with Crippen LogP contribution in [-0.4, -0.2) is 29.4 Å². The minimum atomic E-state index is 0.195. The Labute approximate surface area is 115 Å². The molecule has 4 aliphatic carbocycles. The molecular weight excluding hydrogens is 236 g/mol. The third-order valence-electron chi connectivity index (χ3n) is 6.61. The van der Waals surface area contributed by atoms with Crippen LogP contribution in [0.25, 0.3) is 0 Å². The second-order valence-electron chi connectivity index (χ2n) is 7.68. The van der Waals surface area contributed by atoms with Gasteiger partial charge in [0.05, 0.1) is 0 Å². The Morgan fingerprint density at radius 2 is 1.63 bits per heavy atom. The fourth-order valence-corrected chi connectivity index (χ4v) is 5.79. The van der Waals surface area contributed by atoms with Crippen molar-refractivity contribution < 1.29 is 4.79 Å². The van der Waals surface area contributed by atoms with Crippen molar-refractivity contribution in [1.29, 1.82) is 0 Å². The van der Waals surface area contributed by atoms with Gasteiger partial charge in [-0.3, -0.25) is 4.79 Å². The molecule has 0 aromatic rings. The fourth-order valence-electron chi connectivity index (χ4n) is 5.79. The van der Waals surface area contributed by atoms with E-state index in [1.54, 1.807) is 0 Å². The van der Waals surface area contributed by atoms with Crippen LogP contribution in [0.4, 0.5) is 0 Å². The van der Waals surface area contributed by atoms with Gasteiger partial charge in [0.1, 0.15) is 0 Å². The van der Waals surface area contributed by atoms with Crippen molar-refractivity contribution in [2.75, 3.05) is 6.54 Å². The van der Waals surface area contributed by atoms with Gasteiger partial charge in [-0.15, -0.1) is 0 Å². The lowest BCUT2D eigenvalue weighted by Crippen LogP contribution is -2.53. The van der Waals surface area contributed by atoms with E-state index in [4.69, 9.17) is 5.73 Å². The molecule has 0 aromatic heterocycles. The Kier molecular flexibility index (Phi) is 2.70. The molecule has 3 nitrogen and oxygen atoms in total. The van der Waals surface area contributed by atoms with Gasteiger partial charge in [0.15, 0.2) is 0 Å². The molecule has 3 heteroatoms. The molecule has 5 aliphatic rings. The minimum Gasteiger partial charge on any atom is -0.338 e. The Balaban J connectivity index is 1.54. The molecular formula is C16H26N2O. The first kappa shape index (κ1) is 12.2. The van der Waals surface area contributed by atoms with Crippen molar-refractivity contribution >= 4 is 5.91 Å². The van der Waals surface area contributed by atoms with E-state index in [9.17, 15) is 4.79 Å². The highest BCUT2D eigenvalue weighted by Gasteiger charge is 2.52. The summed E-state index contributed by atoms with van der Waals surface area (Å²) in [6.45, 7) is 3.02. The maximum atomic E-state index is 13.0. The van der Waals surface area contributed by atoms with Crippen molar-refractivity contribution in [2.24, 2.45) is 35.3 Å². The monoisotopic (exact) mass is 262 g/mol. The average molecular weight is 262 g/mol. The molecule has 19 heavy (non-hydrogen) atoms. The van der Waals surface area contributed by atoms with Gasteiger partial charge >= 0.3 is 0 Å². The van der Waals surface area contributed by atoms with E-state index in [2.05, 4.69) is 11.8 Å². The molecule has 5 rings (SSSR count). The summed E-state index contributed by atoms with van der Waals surface area (Å²) in [5, 5.41) is 0. The quantitative estimate of drug-likeness (QED) is 0.785. The molecule has 5 fully saturated rings. The molecule has 1 aliphatic heterocycles. The van der Waals surface area contributed by atoms with E-state index in [1.165, 1.54) is 32.1 Å².